The van der Waals surface area contributed by atoms with Crippen LogP contribution in [0.25, 0.3) is 0 Å². The molecule has 0 unspecified atom stereocenters. The molecule has 2 fully saturated rings. The minimum Gasteiger partial charge on any atom is -0.812 e. The largest absolute Gasteiger partial charge is 0.812 e. The lowest BCUT2D eigenvalue weighted by Crippen LogP contribution is -3.36. The van der Waals surface area contributed by atoms with Crippen molar-refractivity contribution < 1.29 is 27.3 Å². The van der Waals surface area contributed by atoms with Crippen LogP contribution in [0.3, 0.4) is 0 Å². The van der Waals surface area contributed by atoms with Crippen molar-refractivity contribution in [2.24, 2.45) is 0 Å². The summed E-state index contributed by atoms with van der Waals surface area (Å²) in [6.07, 6.45) is 10.4. The Morgan fingerprint density at radius 3 is 2.31 bits per heavy atom. The summed E-state index contributed by atoms with van der Waals surface area (Å²) in [5.41, 5.74) is 0. The Labute approximate surface area is 118 Å². The highest BCUT2D eigenvalue weighted by Crippen LogP contribution is 2.63. The van der Waals surface area contributed by atoms with E-state index in [9.17, 15) is 0 Å². The van der Waals surface area contributed by atoms with Crippen LogP contribution in [0.1, 0.15) is 51.9 Å². The minimum atomic E-state index is -0.603. The summed E-state index contributed by atoms with van der Waals surface area (Å²) >= 11 is 2.08. The summed E-state index contributed by atoms with van der Waals surface area (Å²) in [7, 11) is 1.86. The second kappa shape index (κ2) is 5.47. The van der Waals surface area contributed by atoms with Gasteiger partial charge in [-0.3, -0.25) is 0 Å². The molecule has 0 aromatic carbocycles. The van der Waals surface area contributed by atoms with Crippen LogP contribution < -0.4 is 22.6 Å². The highest BCUT2D eigenvalue weighted by atomic mass is 127. The van der Waals surface area contributed by atoms with Crippen LogP contribution in [0.5, 0.6) is 0 Å². The lowest BCUT2D eigenvalue weighted by molar-refractivity contribution is -0.345. The molecule has 2 heterocycles. The number of methoxy groups -OCH3 is 1. The number of hydrogen-bond donors (Lipinski definition) is 0. The fourth-order valence-corrected chi connectivity index (χ4v) is 15.3. The van der Waals surface area contributed by atoms with Crippen LogP contribution in [-0.2, 0) is 4.74 Å². The summed E-state index contributed by atoms with van der Waals surface area (Å²) in [6.45, 7) is 3.61. The monoisotopic (exact) mass is 350 g/mol. The van der Waals surface area contributed by atoms with Crippen molar-refractivity contribution in [3.05, 3.63) is 0 Å². The van der Waals surface area contributed by atoms with Crippen molar-refractivity contribution in [3.8, 4) is 0 Å². The molecule has 0 N–H and O–H groups in total. The van der Waals surface area contributed by atoms with E-state index in [-0.39, 0.29) is 0 Å². The maximum absolute atomic E-state index is 5.38. The average Bonchev–Trinajstić information content (AvgIpc) is 2.25. The molecule has 93 valence electrons. The van der Waals surface area contributed by atoms with E-state index in [1.807, 2.05) is 7.11 Å². The molecule has 0 saturated carbocycles. The minimum absolute atomic E-state index is 0.603. The van der Waals surface area contributed by atoms with E-state index < -0.39 is 14.1 Å². The van der Waals surface area contributed by atoms with Crippen LogP contribution in [0.2, 0.25) is 8.55 Å². The van der Waals surface area contributed by atoms with Gasteiger partial charge in [0.1, 0.15) is 0 Å². The zero-order chi connectivity index (χ0) is 11.6. The molecular weight excluding hydrogens is 326 g/mol. The van der Waals surface area contributed by atoms with E-state index in [0.717, 1.165) is 15.2 Å². The SMILES string of the molecule is COCC[C]12CCC[C](C)(CCC1)[Al]2[CH2][I-]. The van der Waals surface area contributed by atoms with Gasteiger partial charge in [0.05, 0.1) is 0 Å². The van der Waals surface area contributed by atoms with Gasteiger partial charge in [0.25, 0.3) is 14.1 Å². The van der Waals surface area contributed by atoms with Gasteiger partial charge in [-0.05, 0) is 6.42 Å². The number of halogens is 1. The zero-order valence-electron chi connectivity index (χ0n) is 10.7. The van der Waals surface area contributed by atoms with Crippen LogP contribution >= 0.6 is 0 Å². The van der Waals surface area contributed by atoms with Crippen LogP contribution in [0, 0.1) is 0 Å². The summed E-state index contributed by atoms with van der Waals surface area (Å²) in [4.78, 5) is 0. The quantitative estimate of drug-likeness (QED) is 0.407. The van der Waals surface area contributed by atoms with Gasteiger partial charge in [-0.15, -0.1) is 0 Å². The summed E-state index contributed by atoms with van der Waals surface area (Å²) in [5.74, 6) is 0. The molecule has 16 heavy (non-hydrogen) atoms. The van der Waals surface area contributed by atoms with Gasteiger partial charge < -0.3 is 27.3 Å². The second-order valence-corrected chi connectivity index (χ2v) is 12.8. The van der Waals surface area contributed by atoms with Crippen molar-refractivity contribution in [3.63, 3.8) is 0 Å². The van der Waals surface area contributed by atoms with Crippen LogP contribution in [0.4, 0.5) is 0 Å². The third-order valence-electron chi connectivity index (χ3n) is 5.38. The molecule has 2 bridgehead atoms. The first kappa shape index (κ1) is 13.6. The Morgan fingerprint density at radius 2 is 1.81 bits per heavy atom. The molecule has 0 aromatic rings. The Balaban J connectivity index is 2.19. The normalized spacial score (nSPS) is 38.8. The number of rotatable bonds is 4. The smallest absolute Gasteiger partial charge is 0.252 e. The first-order chi connectivity index (χ1) is 7.67. The summed E-state index contributed by atoms with van der Waals surface area (Å²) in [5, 5.41) is 0. The lowest BCUT2D eigenvalue weighted by Gasteiger charge is -2.57. The number of alkyl halides is 1. The third-order valence-corrected chi connectivity index (χ3v) is 12.9. The van der Waals surface area contributed by atoms with Crippen molar-refractivity contribution in [1.82, 2.24) is 0 Å². The predicted octanol–water partition coefficient (Wildman–Crippen LogP) is 0.479. The number of hydrogen-bond acceptors (Lipinski definition) is 1. The van der Waals surface area contributed by atoms with E-state index in [1.165, 1.54) is 48.2 Å². The molecule has 0 aromatic heterocycles. The van der Waals surface area contributed by atoms with Gasteiger partial charge >= 0.3 is 0 Å². The van der Waals surface area contributed by atoms with Crippen LogP contribution in [0.15, 0.2) is 0 Å². The molecule has 2 aliphatic rings. The molecule has 3 heteroatoms. The molecule has 1 radical (unpaired) electrons. The van der Waals surface area contributed by atoms with Gasteiger partial charge in [0, 0.05) is 13.7 Å². The van der Waals surface area contributed by atoms with Gasteiger partial charge in [0.2, 0.25) is 0 Å². The van der Waals surface area contributed by atoms with Crippen molar-refractivity contribution in [2.75, 3.05) is 17.0 Å². The molecule has 2 rings (SSSR count). The fraction of sp³-hybridized carbons (Fsp3) is 1.00. The Bertz CT molecular complexity index is 234. The number of fused-ring (bicyclic) bond motifs is 2. The van der Waals surface area contributed by atoms with Gasteiger partial charge in [-0.1, -0.05) is 54.0 Å². The van der Waals surface area contributed by atoms with Crippen LogP contribution in [-0.4, -0.2) is 31.2 Å². The Hall–Kier alpha value is 1.22. The molecule has 0 atom stereocenters. The summed E-state index contributed by atoms with van der Waals surface area (Å²) < 4.78 is 8.41. The Kier molecular flexibility index (Phi) is 4.66. The third kappa shape index (κ3) is 2.35. The molecule has 1 nitrogen and oxygen atoms in total. The molecular formula is C13H24AlIO-. The summed E-state index contributed by atoms with van der Waals surface area (Å²) in [6, 6.07) is 0. The van der Waals surface area contributed by atoms with Gasteiger partial charge in [0.15, 0.2) is 0 Å². The molecule has 0 aliphatic carbocycles. The topological polar surface area (TPSA) is 9.23 Å². The van der Waals surface area contributed by atoms with E-state index in [2.05, 4.69) is 29.5 Å². The van der Waals surface area contributed by atoms with E-state index >= 15 is 0 Å². The first-order valence-corrected chi connectivity index (χ1v) is 10.2. The maximum Gasteiger partial charge on any atom is 0.252 e. The van der Waals surface area contributed by atoms with E-state index in [1.54, 1.807) is 0 Å². The van der Waals surface area contributed by atoms with Gasteiger partial charge in [-0.2, -0.15) is 0 Å². The van der Waals surface area contributed by atoms with Crippen molar-refractivity contribution in [2.45, 2.75) is 60.4 Å². The first-order valence-electron chi connectivity index (χ1n) is 6.72. The van der Waals surface area contributed by atoms with E-state index in [4.69, 9.17) is 4.74 Å². The number of ether oxygens (including phenoxy) is 1. The van der Waals surface area contributed by atoms with E-state index in [0.29, 0.717) is 0 Å². The average molecular weight is 350 g/mol. The standard InChI is InChI=1S/C12H22O.CH2I.Al/c1-11-5-3-7-12(8-4-6-11)9-10-13-2;1-2;/h3-10H2,1-2H3;1H2;/q;-1;. The lowest BCUT2D eigenvalue weighted by atomic mass is 9.81. The van der Waals surface area contributed by atoms with Crippen molar-refractivity contribution >= 4 is 14.1 Å². The molecule has 0 spiro atoms. The van der Waals surface area contributed by atoms with Gasteiger partial charge in [-0.25, -0.2) is 3.29 Å². The Morgan fingerprint density at radius 1 is 1.19 bits per heavy atom. The molecule has 0 amide bonds. The zero-order valence-corrected chi connectivity index (χ0v) is 14.0. The second-order valence-electron chi connectivity index (χ2n) is 6.17. The highest BCUT2D eigenvalue weighted by Gasteiger charge is 2.54. The fourth-order valence-electron chi connectivity index (χ4n) is 4.45. The van der Waals surface area contributed by atoms with Crippen molar-refractivity contribution in [1.29, 1.82) is 0 Å². The predicted molar refractivity (Wildman–Crippen MR) is 65.9 cm³/mol. The highest BCUT2D eigenvalue weighted by molar-refractivity contribution is 6.65. The molecule has 2 saturated heterocycles. The maximum atomic E-state index is 5.38. The molecule has 2 aliphatic heterocycles.